The summed E-state index contributed by atoms with van der Waals surface area (Å²) in [4.78, 5) is 16.1. The van der Waals surface area contributed by atoms with E-state index in [0.717, 1.165) is 10.7 Å². The van der Waals surface area contributed by atoms with E-state index >= 15 is 0 Å². The Balaban J connectivity index is 2.51. The molecule has 0 aliphatic carbocycles. The molecular weight excluding hydrogens is 246 g/mol. The number of hydrogen-bond donors (Lipinski definition) is 2. The average Bonchev–Trinajstić information content (AvgIpc) is 2.73. The Labute approximate surface area is 113 Å². The number of nitrogens with two attached hydrogens (primary N) is 1. The van der Waals surface area contributed by atoms with Gasteiger partial charge in [-0.1, -0.05) is 27.7 Å². The van der Waals surface area contributed by atoms with Crippen molar-refractivity contribution in [2.75, 3.05) is 6.54 Å². The van der Waals surface area contributed by atoms with Crippen LogP contribution in [0.3, 0.4) is 0 Å². The Morgan fingerprint density at radius 2 is 2.11 bits per heavy atom. The van der Waals surface area contributed by atoms with E-state index in [1.807, 2.05) is 5.38 Å². The maximum Gasteiger partial charge on any atom is 0.226 e. The molecule has 1 amide bonds. The van der Waals surface area contributed by atoms with Crippen molar-refractivity contribution in [3.05, 3.63) is 16.1 Å². The molecule has 1 rings (SSSR count). The lowest BCUT2D eigenvalue weighted by Crippen LogP contribution is -2.28. The molecule has 1 unspecified atom stereocenters. The molecule has 0 aliphatic heterocycles. The molecule has 1 aromatic rings. The second-order valence-corrected chi connectivity index (χ2v) is 6.21. The zero-order valence-electron chi connectivity index (χ0n) is 11.6. The summed E-state index contributed by atoms with van der Waals surface area (Å²) in [5.41, 5.74) is 6.84. The first kappa shape index (κ1) is 15.1. The maximum absolute atomic E-state index is 11.7. The van der Waals surface area contributed by atoms with Gasteiger partial charge in [0.2, 0.25) is 5.91 Å². The molecule has 5 heteroatoms. The normalized spacial score (nSPS) is 13.1. The molecule has 0 radical (unpaired) electrons. The van der Waals surface area contributed by atoms with Gasteiger partial charge in [0.1, 0.15) is 5.01 Å². The Kier molecular flexibility index (Phi) is 5.75. The van der Waals surface area contributed by atoms with Crippen molar-refractivity contribution in [3.8, 4) is 0 Å². The first-order valence-corrected chi connectivity index (χ1v) is 7.24. The van der Waals surface area contributed by atoms with Crippen molar-refractivity contribution in [2.45, 2.75) is 40.2 Å². The van der Waals surface area contributed by atoms with Crippen molar-refractivity contribution >= 4 is 17.2 Å². The monoisotopic (exact) mass is 269 g/mol. The molecule has 0 aromatic carbocycles. The number of amides is 1. The molecule has 0 aliphatic rings. The van der Waals surface area contributed by atoms with Crippen LogP contribution in [0.15, 0.2) is 5.38 Å². The highest BCUT2D eigenvalue weighted by molar-refractivity contribution is 7.09. The van der Waals surface area contributed by atoms with E-state index in [2.05, 4.69) is 38.0 Å². The number of hydrogen-bond acceptors (Lipinski definition) is 4. The van der Waals surface area contributed by atoms with Crippen molar-refractivity contribution in [2.24, 2.45) is 17.6 Å². The van der Waals surface area contributed by atoms with Crippen LogP contribution in [-0.2, 0) is 11.2 Å². The van der Waals surface area contributed by atoms with Crippen LogP contribution in [0.5, 0.6) is 0 Å². The van der Waals surface area contributed by atoms with Gasteiger partial charge in [0.25, 0.3) is 0 Å². The molecular formula is C13H23N3OS. The molecule has 0 saturated heterocycles. The van der Waals surface area contributed by atoms with Gasteiger partial charge in [-0.05, 0) is 11.8 Å². The minimum Gasteiger partial charge on any atom is -0.356 e. The quantitative estimate of drug-likeness (QED) is 0.831. The summed E-state index contributed by atoms with van der Waals surface area (Å²) >= 11 is 1.54. The Hall–Kier alpha value is -0.940. The Morgan fingerprint density at radius 3 is 2.67 bits per heavy atom. The first-order valence-electron chi connectivity index (χ1n) is 6.36. The molecule has 1 heterocycles. The van der Waals surface area contributed by atoms with E-state index in [4.69, 9.17) is 5.73 Å². The van der Waals surface area contributed by atoms with Crippen LogP contribution >= 0.6 is 11.3 Å². The predicted octanol–water partition coefficient (Wildman–Crippen LogP) is 2.11. The molecule has 3 N–H and O–H groups in total. The Morgan fingerprint density at radius 1 is 1.44 bits per heavy atom. The lowest BCUT2D eigenvalue weighted by Gasteiger charge is -2.11. The molecule has 18 heavy (non-hydrogen) atoms. The fraction of sp³-hybridized carbons (Fsp3) is 0.692. The zero-order valence-corrected chi connectivity index (χ0v) is 12.4. The van der Waals surface area contributed by atoms with Crippen LogP contribution in [0.4, 0.5) is 0 Å². The maximum atomic E-state index is 11.7. The third-order valence-electron chi connectivity index (χ3n) is 2.62. The largest absolute Gasteiger partial charge is 0.356 e. The minimum atomic E-state index is -0.0394. The van der Waals surface area contributed by atoms with E-state index < -0.39 is 0 Å². The second-order valence-electron chi connectivity index (χ2n) is 5.32. The van der Waals surface area contributed by atoms with E-state index in [1.54, 1.807) is 0 Å². The highest BCUT2D eigenvalue weighted by atomic mass is 32.1. The fourth-order valence-corrected chi connectivity index (χ4v) is 2.38. The van der Waals surface area contributed by atoms with Gasteiger partial charge in [-0.15, -0.1) is 11.3 Å². The van der Waals surface area contributed by atoms with Gasteiger partial charge in [0, 0.05) is 11.9 Å². The number of thiazole rings is 1. The van der Waals surface area contributed by atoms with E-state index in [-0.39, 0.29) is 11.9 Å². The summed E-state index contributed by atoms with van der Waals surface area (Å²) < 4.78 is 0. The number of aromatic nitrogens is 1. The zero-order chi connectivity index (χ0) is 13.7. The van der Waals surface area contributed by atoms with Gasteiger partial charge in [-0.3, -0.25) is 4.79 Å². The molecule has 4 nitrogen and oxygen atoms in total. The fourth-order valence-electron chi connectivity index (χ4n) is 1.39. The van der Waals surface area contributed by atoms with Crippen molar-refractivity contribution in [1.82, 2.24) is 10.3 Å². The minimum absolute atomic E-state index is 0.0265. The molecule has 0 spiro atoms. The molecule has 0 fully saturated rings. The summed E-state index contributed by atoms with van der Waals surface area (Å²) in [5, 5.41) is 5.72. The van der Waals surface area contributed by atoms with Crippen LogP contribution in [0.2, 0.25) is 0 Å². The summed E-state index contributed by atoms with van der Waals surface area (Å²) in [6, 6.07) is -0.0394. The second kappa shape index (κ2) is 6.85. The van der Waals surface area contributed by atoms with Gasteiger partial charge in [-0.25, -0.2) is 4.98 Å². The topological polar surface area (TPSA) is 68.0 Å². The van der Waals surface area contributed by atoms with Gasteiger partial charge in [0.05, 0.1) is 18.2 Å². The SMILES string of the molecule is CC(C)CNC(=O)Cc1csc(C(N)C(C)C)n1. The highest BCUT2D eigenvalue weighted by Crippen LogP contribution is 2.22. The van der Waals surface area contributed by atoms with Crippen LogP contribution < -0.4 is 11.1 Å². The number of nitrogens with one attached hydrogen (secondary N) is 1. The van der Waals surface area contributed by atoms with Crippen molar-refractivity contribution in [1.29, 1.82) is 0 Å². The van der Waals surface area contributed by atoms with Gasteiger partial charge < -0.3 is 11.1 Å². The number of carbonyl (C=O) groups is 1. The Bertz CT molecular complexity index is 387. The van der Waals surface area contributed by atoms with E-state index in [9.17, 15) is 4.79 Å². The number of rotatable bonds is 6. The van der Waals surface area contributed by atoms with Gasteiger partial charge >= 0.3 is 0 Å². The van der Waals surface area contributed by atoms with Gasteiger partial charge in [0.15, 0.2) is 0 Å². The van der Waals surface area contributed by atoms with Crippen LogP contribution in [0.25, 0.3) is 0 Å². The molecule has 102 valence electrons. The third kappa shape index (κ3) is 4.74. The van der Waals surface area contributed by atoms with Crippen molar-refractivity contribution < 1.29 is 4.79 Å². The third-order valence-corrected chi connectivity index (χ3v) is 3.62. The lowest BCUT2D eigenvalue weighted by atomic mass is 10.1. The van der Waals surface area contributed by atoms with E-state index in [1.165, 1.54) is 11.3 Å². The molecule has 0 saturated carbocycles. The molecule has 1 atom stereocenters. The molecule has 0 bridgehead atoms. The number of carbonyl (C=O) groups excluding carboxylic acids is 1. The van der Waals surface area contributed by atoms with Crippen LogP contribution in [0.1, 0.15) is 44.4 Å². The van der Waals surface area contributed by atoms with Crippen LogP contribution in [0, 0.1) is 11.8 Å². The summed E-state index contributed by atoms with van der Waals surface area (Å²) in [5.74, 6) is 0.853. The number of nitrogens with zero attached hydrogens (tertiary/aromatic N) is 1. The smallest absolute Gasteiger partial charge is 0.226 e. The standard InChI is InChI=1S/C13H23N3OS/c1-8(2)6-15-11(17)5-10-7-18-13(16-10)12(14)9(3)4/h7-9,12H,5-6,14H2,1-4H3,(H,15,17). The van der Waals surface area contributed by atoms with Crippen molar-refractivity contribution in [3.63, 3.8) is 0 Å². The predicted molar refractivity (Wildman–Crippen MR) is 75.4 cm³/mol. The summed E-state index contributed by atoms with van der Waals surface area (Å²) in [6.45, 7) is 9.00. The summed E-state index contributed by atoms with van der Waals surface area (Å²) in [6.07, 6.45) is 0.341. The van der Waals surface area contributed by atoms with Gasteiger partial charge in [-0.2, -0.15) is 0 Å². The first-order chi connectivity index (χ1) is 8.40. The average molecular weight is 269 g/mol. The van der Waals surface area contributed by atoms with Crippen LogP contribution in [-0.4, -0.2) is 17.4 Å². The highest BCUT2D eigenvalue weighted by Gasteiger charge is 2.15. The summed E-state index contributed by atoms with van der Waals surface area (Å²) in [7, 11) is 0. The molecule has 1 aromatic heterocycles. The lowest BCUT2D eigenvalue weighted by molar-refractivity contribution is -0.120. The van der Waals surface area contributed by atoms with E-state index in [0.29, 0.717) is 24.8 Å².